The summed E-state index contributed by atoms with van der Waals surface area (Å²) in [5.41, 5.74) is 2.69. The van der Waals surface area contributed by atoms with Gasteiger partial charge < -0.3 is 5.32 Å². The van der Waals surface area contributed by atoms with E-state index in [1.54, 1.807) is 23.7 Å². The number of hydrogen-bond acceptors (Lipinski definition) is 3. The van der Waals surface area contributed by atoms with E-state index in [-0.39, 0.29) is 11.7 Å². The number of nitrogens with zero attached hydrogens (tertiary/aromatic N) is 3. The summed E-state index contributed by atoms with van der Waals surface area (Å²) in [6.07, 6.45) is 0.957. The highest BCUT2D eigenvalue weighted by Gasteiger charge is 2.15. The third-order valence-electron chi connectivity index (χ3n) is 3.64. The van der Waals surface area contributed by atoms with Crippen LogP contribution in [0.4, 0.5) is 5.69 Å². The Morgan fingerprint density at radius 2 is 1.96 bits per heavy atom. The van der Waals surface area contributed by atoms with E-state index < -0.39 is 0 Å². The van der Waals surface area contributed by atoms with Crippen LogP contribution >= 0.6 is 11.6 Å². The van der Waals surface area contributed by atoms with Gasteiger partial charge in [0, 0.05) is 10.7 Å². The van der Waals surface area contributed by atoms with Gasteiger partial charge in [0.1, 0.15) is 5.82 Å². The van der Waals surface area contributed by atoms with Crippen LogP contribution in [0.15, 0.2) is 48.5 Å². The van der Waals surface area contributed by atoms with Gasteiger partial charge in [-0.05, 0) is 49.2 Å². The molecule has 6 heteroatoms. The van der Waals surface area contributed by atoms with Gasteiger partial charge in [0.25, 0.3) is 5.91 Å². The van der Waals surface area contributed by atoms with E-state index in [4.69, 9.17) is 11.6 Å². The van der Waals surface area contributed by atoms with E-state index in [0.29, 0.717) is 16.5 Å². The number of hydrogen-bond donors (Lipinski definition) is 1. The summed E-state index contributed by atoms with van der Waals surface area (Å²) in [4.78, 5) is 16.6. The van der Waals surface area contributed by atoms with E-state index in [9.17, 15) is 4.79 Å². The molecule has 0 aliphatic carbocycles. The van der Waals surface area contributed by atoms with Crippen LogP contribution in [0.25, 0.3) is 5.69 Å². The van der Waals surface area contributed by atoms with Crippen molar-refractivity contribution < 1.29 is 4.79 Å². The number of carbonyl (C=O) groups excluding carboxylic acids is 1. The SMILES string of the molecule is CCc1ccc(NC(=O)c2nc(C)n(-c3cccc(Cl)c3)n2)cc1. The maximum atomic E-state index is 12.4. The lowest BCUT2D eigenvalue weighted by Crippen LogP contribution is -2.14. The molecule has 1 N–H and O–H groups in total. The first-order valence-electron chi connectivity index (χ1n) is 7.66. The standard InChI is InChI=1S/C18H17ClN4O/c1-3-13-7-9-15(10-8-13)21-18(24)17-20-12(2)23(22-17)16-6-4-5-14(19)11-16/h4-11H,3H2,1-2H3,(H,21,24). The summed E-state index contributed by atoms with van der Waals surface area (Å²) < 4.78 is 1.60. The molecule has 3 aromatic rings. The molecule has 0 saturated heterocycles. The third-order valence-corrected chi connectivity index (χ3v) is 3.88. The number of rotatable bonds is 4. The molecule has 0 radical (unpaired) electrons. The fourth-order valence-electron chi connectivity index (χ4n) is 2.35. The largest absolute Gasteiger partial charge is 0.319 e. The van der Waals surface area contributed by atoms with E-state index in [2.05, 4.69) is 22.3 Å². The predicted octanol–water partition coefficient (Wildman–Crippen LogP) is 4.04. The molecule has 0 aliphatic heterocycles. The van der Waals surface area contributed by atoms with Gasteiger partial charge in [-0.25, -0.2) is 9.67 Å². The Hall–Kier alpha value is -2.66. The Bertz CT molecular complexity index is 871. The molecule has 0 spiro atoms. The lowest BCUT2D eigenvalue weighted by atomic mass is 10.1. The highest BCUT2D eigenvalue weighted by molar-refractivity contribution is 6.30. The second kappa shape index (κ2) is 6.84. The first-order chi connectivity index (χ1) is 11.6. The zero-order chi connectivity index (χ0) is 17.1. The Kier molecular flexibility index (Phi) is 4.62. The molecular weight excluding hydrogens is 324 g/mol. The first-order valence-corrected chi connectivity index (χ1v) is 8.04. The van der Waals surface area contributed by atoms with Gasteiger partial charge in [-0.3, -0.25) is 4.79 Å². The van der Waals surface area contributed by atoms with Gasteiger partial charge in [-0.15, -0.1) is 5.10 Å². The molecule has 3 rings (SSSR count). The lowest BCUT2D eigenvalue weighted by molar-refractivity contribution is 0.101. The average molecular weight is 341 g/mol. The number of aromatic nitrogens is 3. The van der Waals surface area contributed by atoms with Crippen molar-refractivity contribution in [3.8, 4) is 5.69 Å². The van der Waals surface area contributed by atoms with Crippen LogP contribution in [0.5, 0.6) is 0 Å². The number of benzene rings is 2. The van der Waals surface area contributed by atoms with Gasteiger partial charge in [0.2, 0.25) is 5.82 Å². The summed E-state index contributed by atoms with van der Waals surface area (Å²) in [7, 11) is 0. The average Bonchev–Trinajstić information content (AvgIpc) is 2.97. The minimum atomic E-state index is -0.344. The lowest BCUT2D eigenvalue weighted by Gasteiger charge is -2.04. The van der Waals surface area contributed by atoms with Crippen LogP contribution < -0.4 is 5.32 Å². The van der Waals surface area contributed by atoms with E-state index in [1.165, 1.54) is 5.56 Å². The smallest absolute Gasteiger partial charge is 0.295 e. The number of aryl methyl sites for hydroxylation is 2. The normalized spacial score (nSPS) is 10.6. The molecule has 5 nitrogen and oxygen atoms in total. The van der Waals surface area contributed by atoms with Crippen LogP contribution in [0.1, 0.15) is 28.9 Å². The molecule has 122 valence electrons. The molecule has 0 saturated carbocycles. The van der Waals surface area contributed by atoms with Crippen molar-refractivity contribution in [2.75, 3.05) is 5.32 Å². The zero-order valence-electron chi connectivity index (χ0n) is 13.5. The monoisotopic (exact) mass is 340 g/mol. The number of anilines is 1. The Labute approximate surface area is 145 Å². The molecule has 0 unspecified atom stereocenters. The number of halogens is 1. The molecular formula is C18H17ClN4O. The fraction of sp³-hybridized carbons (Fsp3) is 0.167. The number of nitrogens with one attached hydrogen (secondary N) is 1. The molecule has 0 atom stereocenters. The molecule has 1 aromatic heterocycles. The van der Waals surface area contributed by atoms with E-state index >= 15 is 0 Å². The Balaban J connectivity index is 1.82. The van der Waals surface area contributed by atoms with E-state index in [0.717, 1.165) is 12.1 Å². The Morgan fingerprint density at radius 1 is 1.21 bits per heavy atom. The van der Waals surface area contributed by atoms with Gasteiger partial charge in [-0.1, -0.05) is 36.7 Å². The van der Waals surface area contributed by atoms with Crippen LogP contribution in [-0.2, 0) is 6.42 Å². The Morgan fingerprint density at radius 3 is 2.62 bits per heavy atom. The zero-order valence-corrected chi connectivity index (χ0v) is 14.2. The summed E-state index contributed by atoms with van der Waals surface area (Å²) in [5.74, 6) is 0.388. The number of amides is 1. The van der Waals surface area contributed by atoms with Crippen molar-refractivity contribution in [3.63, 3.8) is 0 Å². The van der Waals surface area contributed by atoms with Crippen molar-refractivity contribution in [3.05, 3.63) is 70.8 Å². The maximum Gasteiger partial charge on any atom is 0.295 e. The predicted molar refractivity (Wildman–Crippen MR) is 94.9 cm³/mol. The minimum Gasteiger partial charge on any atom is -0.319 e. The molecule has 0 aliphatic rings. The maximum absolute atomic E-state index is 12.4. The van der Waals surface area contributed by atoms with Gasteiger partial charge in [-0.2, -0.15) is 0 Å². The summed E-state index contributed by atoms with van der Waals surface area (Å²) in [6, 6.07) is 15.0. The second-order valence-electron chi connectivity index (χ2n) is 5.38. The molecule has 1 heterocycles. The molecule has 0 fully saturated rings. The highest BCUT2D eigenvalue weighted by Crippen LogP contribution is 2.16. The fourth-order valence-corrected chi connectivity index (χ4v) is 2.53. The van der Waals surface area contributed by atoms with Gasteiger partial charge in [0.15, 0.2) is 0 Å². The summed E-state index contributed by atoms with van der Waals surface area (Å²) in [5, 5.41) is 7.70. The molecule has 1 amide bonds. The van der Waals surface area contributed by atoms with E-state index in [1.807, 2.05) is 36.4 Å². The number of carbonyl (C=O) groups is 1. The van der Waals surface area contributed by atoms with Crippen LogP contribution in [0.2, 0.25) is 5.02 Å². The minimum absolute atomic E-state index is 0.118. The van der Waals surface area contributed by atoms with Crippen molar-refractivity contribution >= 4 is 23.2 Å². The van der Waals surface area contributed by atoms with Crippen LogP contribution in [0, 0.1) is 6.92 Å². The summed E-state index contributed by atoms with van der Waals surface area (Å²) >= 11 is 6.01. The van der Waals surface area contributed by atoms with Crippen molar-refractivity contribution in [2.45, 2.75) is 20.3 Å². The highest BCUT2D eigenvalue weighted by atomic mass is 35.5. The topological polar surface area (TPSA) is 59.8 Å². The third kappa shape index (κ3) is 3.46. The molecule has 24 heavy (non-hydrogen) atoms. The van der Waals surface area contributed by atoms with Crippen molar-refractivity contribution in [1.29, 1.82) is 0 Å². The first kappa shape index (κ1) is 16.2. The molecule has 2 aromatic carbocycles. The van der Waals surface area contributed by atoms with Crippen LogP contribution in [-0.4, -0.2) is 20.7 Å². The molecule has 0 bridgehead atoms. The van der Waals surface area contributed by atoms with Gasteiger partial charge >= 0.3 is 0 Å². The summed E-state index contributed by atoms with van der Waals surface area (Å²) in [6.45, 7) is 3.88. The van der Waals surface area contributed by atoms with Crippen molar-refractivity contribution in [2.24, 2.45) is 0 Å². The van der Waals surface area contributed by atoms with Gasteiger partial charge in [0.05, 0.1) is 5.69 Å². The second-order valence-corrected chi connectivity index (χ2v) is 5.82. The quantitative estimate of drug-likeness (QED) is 0.779. The van der Waals surface area contributed by atoms with Crippen LogP contribution in [0.3, 0.4) is 0 Å². The van der Waals surface area contributed by atoms with Crippen molar-refractivity contribution in [1.82, 2.24) is 14.8 Å².